The second-order valence-electron chi connectivity index (χ2n) is 8.12. The Morgan fingerprint density at radius 1 is 1.06 bits per heavy atom. The van der Waals surface area contributed by atoms with Crippen molar-refractivity contribution in [2.24, 2.45) is 0 Å². The van der Waals surface area contributed by atoms with Crippen molar-refractivity contribution in [3.8, 4) is 11.4 Å². The first-order valence-electron chi connectivity index (χ1n) is 10.8. The highest BCUT2D eigenvalue weighted by atomic mass is 32.2. The van der Waals surface area contributed by atoms with Gasteiger partial charge in [-0.1, -0.05) is 42.8 Å². The first-order chi connectivity index (χ1) is 15.6. The summed E-state index contributed by atoms with van der Waals surface area (Å²) in [5, 5.41) is 9.88. The number of nitrogens with zero attached hydrogens (tertiary/aromatic N) is 4. The number of ketones is 1. The highest BCUT2D eigenvalue weighted by Crippen LogP contribution is 2.32. The van der Waals surface area contributed by atoms with Gasteiger partial charge in [0, 0.05) is 6.42 Å². The molecule has 5 rings (SSSR count). The Morgan fingerprint density at radius 3 is 2.75 bits per heavy atom. The summed E-state index contributed by atoms with van der Waals surface area (Å²) in [6.45, 7) is 1.97. The molecule has 7 nitrogen and oxygen atoms in total. The van der Waals surface area contributed by atoms with Crippen LogP contribution in [0.5, 0.6) is 5.75 Å². The minimum absolute atomic E-state index is 0.141. The maximum atomic E-state index is 13.6. The third kappa shape index (κ3) is 3.48. The fourth-order valence-corrected chi connectivity index (χ4v) is 5.49. The highest BCUT2D eigenvalue weighted by molar-refractivity contribution is 8.00. The van der Waals surface area contributed by atoms with E-state index in [9.17, 15) is 9.59 Å². The Bertz CT molecular complexity index is 1390. The number of aryl methyl sites for hydroxylation is 1. The van der Waals surface area contributed by atoms with Crippen molar-refractivity contribution in [3.63, 3.8) is 0 Å². The van der Waals surface area contributed by atoms with Gasteiger partial charge < -0.3 is 4.74 Å². The highest BCUT2D eigenvalue weighted by Gasteiger charge is 2.26. The number of para-hydroxylation sites is 1. The fourth-order valence-electron chi connectivity index (χ4n) is 4.33. The van der Waals surface area contributed by atoms with Crippen molar-refractivity contribution < 1.29 is 9.53 Å². The number of hydrogen-bond donors (Lipinski definition) is 0. The Hall–Kier alpha value is -3.13. The number of fused-ring (bicyclic) bond motifs is 3. The molecule has 1 atom stereocenters. The van der Waals surface area contributed by atoms with Crippen LogP contribution in [0.1, 0.15) is 37.7 Å². The molecule has 2 heterocycles. The molecule has 0 saturated heterocycles. The number of methoxy groups -OCH3 is 1. The van der Waals surface area contributed by atoms with Crippen molar-refractivity contribution >= 4 is 34.2 Å². The van der Waals surface area contributed by atoms with Gasteiger partial charge in [0.1, 0.15) is 11.5 Å². The third-order valence-corrected chi connectivity index (χ3v) is 7.22. The van der Waals surface area contributed by atoms with Gasteiger partial charge >= 0.3 is 0 Å². The van der Waals surface area contributed by atoms with Gasteiger partial charge in [0.2, 0.25) is 5.78 Å². The molecule has 164 valence electrons. The summed E-state index contributed by atoms with van der Waals surface area (Å²) in [7, 11) is 1.58. The number of benzene rings is 2. The second kappa shape index (κ2) is 8.43. The molecule has 32 heavy (non-hydrogen) atoms. The lowest BCUT2D eigenvalue weighted by molar-refractivity contribution is -0.118. The summed E-state index contributed by atoms with van der Waals surface area (Å²) >= 11 is 1.45. The molecule has 1 fully saturated rings. The molecule has 1 saturated carbocycles. The molecule has 0 spiro atoms. The van der Waals surface area contributed by atoms with Crippen LogP contribution in [0.15, 0.2) is 52.4 Å². The van der Waals surface area contributed by atoms with E-state index in [4.69, 9.17) is 4.74 Å². The molecule has 2 aromatic heterocycles. The van der Waals surface area contributed by atoms with E-state index in [0.717, 1.165) is 36.8 Å². The molecule has 0 bridgehead atoms. The molecule has 1 aliphatic carbocycles. The van der Waals surface area contributed by atoms with Crippen LogP contribution in [0.25, 0.3) is 22.4 Å². The van der Waals surface area contributed by atoms with Crippen LogP contribution >= 0.6 is 11.8 Å². The minimum Gasteiger partial charge on any atom is -0.495 e. The second-order valence-corrected chi connectivity index (χ2v) is 9.29. The van der Waals surface area contributed by atoms with Crippen LogP contribution in [0.2, 0.25) is 0 Å². The lowest BCUT2D eigenvalue weighted by atomic mass is 10.2. The Morgan fingerprint density at radius 2 is 1.91 bits per heavy atom. The molecule has 8 heteroatoms. The normalized spacial score (nSPS) is 17.1. The van der Waals surface area contributed by atoms with Crippen LogP contribution in [0.3, 0.4) is 0 Å². The standard InChI is InChI=1S/C24H24N4O3S/c1-15-12-13-20(31-2)18(14-15)27-22(30)16-8-6-7-9-17(16)28-23(27)25-26-24(28)32-21-11-5-3-4-10-19(21)29/h6-9,12-14,21H,3-5,10-11H2,1-2H3. The van der Waals surface area contributed by atoms with Gasteiger partial charge in [-0.2, -0.15) is 0 Å². The lowest BCUT2D eigenvalue weighted by Gasteiger charge is -2.15. The topological polar surface area (TPSA) is 78.5 Å². The Labute approximate surface area is 189 Å². The molecule has 0 N–H and O–H groups in total. The van der Waals surface area contributed by atoms with E-state index in [-0.39, 0.29) is 16.6 Å². The first-order valence-corrected chi connectivity index (χ1v) is 11.7. The van der Waals surface area contributed by atoms with Crippen LogP contribution in [-0.2, 0) is 4.79 Å². The van der Waals surface area contributed by atoms with E-state index in [2.05, 4.69) is 10.2 Å². The van der Waals surface area contributed by atoms with Gasteiger partial charge in [0.15, 0.2) is 5.16 Å². The summed E-state index contributed by atoms with van der Waals surface area (Å²) in [6, 6.07) is 13.1. The van der Waals surface area contributed by atoms with Crippen LogP contribution in [-0.4, -0.2) is 37.3 Å². The van der Waals surface area contributed by atoms with Crippen molar-refractivity contribution in [2.75, 3.05) is 7.11 Å². The van der Waals surface area contributed by atoms with Crippen LogP contribution in [0.4, 0.5) is 0 Å². The average molecular weight is 449 g/mol. The van der Waals surface area contributed by atoms with E-state index >= 15 is 0 Å². The van der Waals surface area contributed by atoms with Crippen molar-refractivity contribution in [1.29, 1.82) is 0 Å². The van der Waals surface area contributed by atoms with Gasteiger partial charge in [-0.15, -0.1) is 10.2 Å². The smallest absolute Gasteiger partial charge is 0.267 e. The van der Waals surface area contributed by atoms with Crippen molar-refractivity contribution in [3.05, 3.63) is 58.4 Å². The predicted molar refractivity (Wildman–Crippen MR) is 125 cm³/mol. The molecule has 0 radical (unpaired) electrons. The zero-order valence-corrected chi connectivity index (χ0v) is 18.9. The third-order valence-electron chi connectivity index (χ3n) is 5.97. The van der Waals surface area contributed by atoms with E-state index in [1.54, 1.807) is 17.7 Å². The largest absolute Gasteiger partial charge is 0.495 e. The van der Waals surface area contributed by atoms with Crippen molar-refractivity contribution in [1.82, 2.24) is 19.2 Å². The number of rotatable bonds is 4. The number of carbonyl (C=O) groups excluding carboxylic acids is 1. The van der Waals surface area contributed by atoms with Gasteiger partial charge in [-0.25, -0.2) is 4.57 Å². The quantitative estimate of drug-likeness (QED) is 0.432. The van der Waals surface area contributed by atoms with Gasteiger partial charge in [0.25, 0.3) is 5.56 Å². The van der Waals surface area contributed by atoms with Gasteiger partial charge in [-0.05, 0) is 49.6 Å². The van der Waals surface area contributed by atoms with Gasteiger partial charge in [0.05, 0.1) is 29.0 Å². The molecule has 4 aromatic rings. The summed E-state index contributed by atoms with van der Waals surface area (Å²) in [6.07, 6.45) is 4.51. The Kier molecular flexibility index (Phi) is 5.46. The first kappa shape index (κ1) is 20.8. The number of ether oxygens (including phenoxy) is 1. The minimum atomic E-state index is -0.188. The number of aromatic nitrogens is 4. The number of thioether (sulfide) groups is 1. The van der Waals surface area contributed by atoms with Crippen molar-refractivity contribution in [2.45, 2.75) is 49.4 Å². The molecule has 0 aliphatic heterocycles. The molecular weight excluding hydrogens is 424 g/mol. The van der Waals surface area contributed by atoms with E-state index in [0.29, 0.717) is 34.2 Å². The summed E-state index contributed by atoms with van der Waals surface area (Å²) in [4.78, 5) is 26.2. The maximum absolute atomic E-state index is 13.6. The lowest BCUT2D eigenvalue weighted by Crippen LogP contribution is -2.22. The maximum Gasteiger partial charge on any atom is 0.267 e. The number of hydrogen-bond acceptors (Lipinski definition) is 6. The van der Waals surface area contributed by atoms with Crippen LogP contribution in [0, 0.1) is 6.92 Å². The predicted octanol–water partition coefficient (Wildman–Crippen LogP) is 4.34. The molecule has 1 unspecified atom stereocenters. The van der Waals surface area contributed by atoms with Gasteiger partial charge in [-0.3, -0.25) is 14.0 Å². The van der Waals surface area contributed by atoms with E-state index in [1.807, 2.05) is 47.7 Å². The molecule has 0 amide bonds. The Balaban J connectivity index is 1.78. The zero-order valence-electron chi connectivity index (χ0n) is 18.1. The van der Waals surface area contributed by atoms with Crippen LogP contribution < -0.4 is 10.3 Å². The fraction of sp³-hybridized carbons (Fsp3) is 0.333. The summed E-state index contributed by atoms with van der Waals surface area (Å²) < 4.78 is 9.01. The summed E-state index contributed by atoms with van der Waals surface area (Å²) in [5.41, 5.74) is 2.15. The van der Waals surface area contributed by atoms with E-state index in [1.165, 1.54) is 11.8 Å². The van der Waals surface area contributed by atoms with E-state index < -0.39 is 0 Å². The molecule has 1 aliphatic rings. The molecule has 2 aromatic carbocycles. The number of carbonyl (C=O) groups is 1. The molecular formula is C24H24N4O3S. The zero-order chi connectivity index (χ0) is 22.2. The number of Topliss-reactive ketones (excluding diaryl/α,β-unsaturated/α-hetero) is 1. The SMILES string of the molecule is COc1ccc(C)cc1-n1c(=O)c2ccccc2n2c(SC3CCCCCC3=O)nnc12. The monoisotopic (exact) mass is 448 g/mol. The average Bonchev–Trinajstić information content (AvgIpc) is 3.10. The summed E-state index contributed by atoms with van der Waals surface area (Å²) in [5.74, 6) is 1.24.